The Labute approximate surface area is 193 Å². The highest BCUT2D eigenvalue weighted by atomic mass is 35.5. The van der Waals surface area contributed by atoms with Gasteiger partial charge in [0.15, 0.2) is 5.82 Å². The van der Waals surface area contributed by atoms with Crippen molar-refractivity contribution in [2.45, 2.75) is 10.9 Å². The van der Waals surface area contributed by atoms with E-state index < -0.39 is 5.91 Å². The largest absolute Gasteiger partial charge is 0.335 e. The minimum absolute atomic E-state index is 0.181. The number of rotatable bonds is 6. The van der Waals surface area contributed by atoms with E-state index in [-0.39, 0.29) is 10.8 Å². The molecule has 0 aliphatic carbocycles. The van der Waals surface area contributed by atoms with E-state index in [0.717, 1.165) is 11.3 Å². The summed E-state index contributed by atoms with van der Waals surface area (Å²) in [6.45, 7) is 0. The van der Waals surface area contributed by atoms with Crippen LogP contribution in [0.15, 0.2) is 47.6 Å². The van der Waals surface area contributed by atoms with Crippen LogP contribution in [0.5, 0.6) is 0 Å². The smallest absolute Gasteiger partial charge is 0.286 e. The molecule has 0 bridgehead atoms. The molecule has 31 heavy (non-hydrogen) atoms. The molecule has 0 aliphatic rings. The molecule has 0 saturated carbocycles. The second-order valence-electron chi connectivity index (χ2n) is 6.05. The third kappa shape index (κ3) is 4.96. The maximum Gasteiger partial charge on any atom is 0.286 e. The van der Waals surface area contributed by atoms with Gasteiger partial charge in [-0.2, -0.15) is 0 Å². The molecule has 0 saturated heterocycles. The maximum atomic E-state index is 13.0. The standard InChI is InChI=1S/C18H12Cl2FN7OS2/c19-9-1-6-13(20)12(7-9)15-25-27-18(28(15)22)30-8-14-24-26-17(31-14)16(29)23-11-4-2-10(21)3-5-11/h1-7H,8,22H2,(H,23,29). The van der Waals surface area contributed by atoms with Crippen molar-refractivity contribution in [2.24, 2.45) is 0 Å². The molecule has 2 aromatic carbocycles. The zero-order valence-corrected chi connectivity index (χ0v) is 18.6. The number of carbonyl (C=O) groups excluding carboxylic acids is 1. The van der Waals surface area contributed by atoms with E-state index in [4.69, 9.17) is 29.0 Å². The summed E-state index contributed by atoms with van der Waals surface area (Å²) in [5, 5.41) is 20.9. The van der Waals surface area contributed by atoms with E-state index in [2.05, 4.69) is 25.7 Å². The summed E-state index contributed by atoms with van der Waals surface area (Å²) in [6, 6.07) is 10.4. The van der Waals surface area contributed by atoms with Crippen LogP contribution in [0.2, 0.25) is 10.0 Å². The Hall–Kier alpha value is -2.73. The summed E-state index contributed by atoms with van der Waals surface area (Å²) in [7, 11) is 0. The Morgan fingerprint density at radius 1 is 1.13 bits per heavy atom. The fourth-order valence-corrected chi connectivity index (χ4v) is 4.43. The third-order valence-electron chi connectivity index (χ3n) is 3.92. The number of nitrogens with one attached hydrogen (secondary N) is 1. The van der Waals surface area contributed by atoms with Gasteiger partial charge in [-0.3, -0.25) is 4.79 Å². The fraction of sp³-hybridized carbons (Fsp3) is 0.0556. The van der Waals surface area contributed by atoms with Gasteiger partial charge >= 0.3 is 0 Å². The van der Waals surface area contributed by atoms with Gasteiger partial charge in [-0.25, -0.2) is 9.07 Å². The van der Waals surface area contributed by atoms with Gasteiger partial charge in [-0.1, -0.05) is 46.3 Å². The normalized spacial score (nSPS) is 10.9. The summed E-state index contributed by atoms with van der Waals surface area (Å²) in [6.07, 6.45) is 0. The van der Waals surface area contributed by atoms with Crippen molar-refractivity contribution in [3.05, 3.63) is 68.3 Å². The second-order valence-corrected chi connectivity index (χ2v) is 8.90. The number of thioether (sulfide) groups is 1. The van der Waals surface area contributed by atoms with Crippen LogP contribution in [0.3, 0.4) is 0 Å². The predicted octanol–water partition coefficient (Wildman–Crippen LogP) is 4.50. The van der Waals surface area contributed by atoms with Gasteiger partial charge in [0.05, 0.1) is 10.8 Å². The van der Waals surface area contributed by atoms with Crippen molar-refractivity contribution in [3.63, 3.8) is 0 Å². The molecule has 0 atom stereocenters. The SMILES string of the molecule is Nn1c(SCc2nnc(C(=O)Nc3ccc(F)cc3)s2)nnc1-c1cc(Cl)ccc1Cl. The first-order chi connectivity index (χ1) is 14.9. The lowest BCUT2D eigenvalue weighted by molar-refractivity contribution is 0.102. The first kappa shape index (κ1) is 21.5. The Morgan fingerprint density at radius 3 is 2.68 bits per heavy atom. The number of anilines is 1. The lowest BCUT2D eigenvalue weighted by Crippen LogP contribution is -2.11. The molecule has 4 aromatic rings. The quantitative estimate of drug-likeness (QED) is 0.299. The van der Waals surface area contributed by atoms with Gasteiger partial charge in [-0.05, 0) is 42.5 Å². The number of carbonyl (C=O) groups is 1. The molecule has 3 N–H and O–H groups in total. The lowest BCUT2D eigenvalue weighted by Gasteiger charge is -2.05. The summed E-state index contributed by atoms with van der Waals surface area (Å²) in [5.74, 6) is 6.04. The van der Waals surface area contributed by atoms with E-state index in [9.17, 15) is 9.18 Å². The molecule has 0 unspecified atom stereocenters. The van der Waals surface area contributed by atoms with Crippen molar-refractivity contribution in [2.75, 3.05) is 11.2 Å². The van der Waals surface area contributed by atoms with Crippen LogP contribution < -0.4 is 11.2 Å². The molecule has 0 aliphatic heterocycles. The van der Waals surface area contributed by atoms with Crippen LogP contribution in [0.1, 0.15) is 14.8 Å². The number of hydrogen-bond donors (Lipinski definition) is 2. The molecule has 158 valence electrons. The van der Waals surface area contributed by atoms with E-state index in [1.165, 1.54) is 40.7 Å². The molecule has 0 fully saturated rings. The van der Waals surface area contributed by atoms with Crippen LogP contribution in [-0.2, 0) is 5.75 Å². The Morgan fingerprint density at radius 2 is 1.90 bits per heavy atom. The molecular weight excluding hydrogens is 484 g/mol. The van der Waals surface area contributed by atoms with Gasteiger partial charge in [0, 0.05) is 16.3 Å². The highest BCUT2D eigenvalue weighted by Gasteiger charge is 2.17. The van der Waals surface area contributed by atoms with Crippen LogP contribution in [0, 0.1) is 5.82 Å². The number of nitrogens with two attached hydrogens (primary N) is 1. The zero-order chi connectivity index (χ0) is 22.0. The third-order valence-corrected chi connectivity index (χ3v) is 6.55. The van der Waals surface area contributed by atoms with Crippen molar-refractivity contribution < 1.29 is 9.18 Å². The Bertz CT molecular complexity index is 1250. The fourth-order valence-electron chi connectivity index (χ4n) is 2.48. The molecule has 4 rings (SSSR count). The second kappa shape index (κ2) is 9.18. The van der Waals surface area contributed by atoms with Gasteiger partial charge < -0.3 is 11.2 Å². The highest BCUT2D eigenvalue weighted by Crippen LogP contribution is 2.31. The number of benzene rings is 2. The summed E-state index contributed by atoms with van der Waals surface area (Å²) < 4.78 is 14.3. The minimum Gasteiger partial charge on any atom is -0.335 e. The average molecular weight is 496 g/mol. The number of hydrogen-bond acceptors (Lipinski definition) is 8. The number of nitrogen functional groups attached to an aromatic ring is 1. The van der Waals surface area contributed by atoms with Crippen molar-refractivity contribution >= 4 is 57.9 Å². The van der Waals surface area contributed by atoms with Gasteiger partial charge in [0.25, 0.3) is 5.91 Å². The van der Waals surface area contributed by atoms with Crippen LogP contribution in [0.25, 0.3) is 11.4 Å². The van der Waals surface area contributed by atoms with E-state index >= 15 is 0 Å². The van der Waals surface area contributed by atoms with Crippen molar-refractivity contribution in [1.29, 1.82) is 0 Å². The predicted molar refractivity (Wildman–Crippen MR) is 119 cm³/mol. The molecule has 2 heterocycles. The number of halogens is 3. The molecular formula is C18H12Cl2FN7OS2. The molecule has 8 nitrogen and oxygen atoms in total. The van der Waals surface area contributed by atoms with Crippen LogP contribution in [-0.4, -0.2) is 31.0 Å². The van der Waals surface area contributed by atoms with Crippen molar-refractivity contribution in [3.8, 4) is 11.4 Å². The number of amides is 1. The molecule has 2 aromatic heterocycles. The number of aromatic nitrogens is 5. The lowest BCUT2D eigenvalue weighted by atomic mass is 10.2. The van der Waals surface area contributed by atoms with E-state index in [0.29, 0.717) is 43.0 Å². The van der Waals surface area contributed by atoms with Gasteiger partial charge in [0.2, 0.25) is 10.2 Å². The van der Waals surface area contributed by atoms with Crippen LogP contribution in [0.4, 0.5) is 10.1 Å². The minimum atomic E-state index is -0.430. The van der Waals surface area contributed by atoms with Gasteiger partial charge in [-0.15, -0.1) is 20.4 Å². The van der Waals surface area contributed by atoms with Crippen LogP contribution >= 0.6 is 46.3 Å². The molecule has 1 amide bonds. The highest BCUT2D eigenvalue weighted by molar-refractivity contribution is 7.98. The van der Waals surface area contributed by atoms with Crippen molar-refractivity contribution in [1.82, 2.24) is 25.1 Å². The Kier molecular flexibility index (Phi) is 6.37. The summed E-state index contributed by atoms with van der Waals surface area (Å²) in [5.41, 5.74) is 1.02. The first-order valence-electron chi connectivity index (χ1n) is 8.58. The zero-order valence-electron chi connectivity index (χ0n) is 15.4. The van der Waals surface area contributed by atoms with E-state index in [1.807, 2.05) is 0 Å². The first-order valence-corrected chi connectivity index (χ1v) is 11.1. The van der Waals surface area contributed by atoms with Gasteiger partial charge in [0.1, 0.15) is 10.8 Å². The molecule has 0 radical (unpaired) electrons. The monoisotopic (exact) mass is 495 g/mol. The molecule has 0 spiro atoms. The summed E-state index contributed by atoms with van der Waals surface area (Å²) in [4.78, 5) is 12.3. The Balaban J connectivity index is 1.42. The average Bonchev–Trinajstić information content (AvgIpc) is 3.37. The molecule has 13 heteroatoms. The number of nitrogens with zero attached hydrogens (tertiary/aromatic N) is 5. The maximum absolute atomic E-state index is 13.0. The topological polar surface area (TPSA) is 112 Å². The summed E-state index contributed by atoms with van der Waals surface area (Å²) >= 11 is 14.6. The van der Waals surface area contributed by atoms with E-state index in [1.54, 1.807) is 18.2 Å².